The van der Waals surface area contributed by atoms with Crippen LogP contribution in [0.3, 0.4) is 0 Å². The fraction of sp³-hybridized carbons (Fsp3) is 0.594. The van der Waals surface area contributed by atoms with E-state index in [0.29, 0.717) is 50.5 Å². The van der Waals surface area contributed by atoms with Crippen molar-refractivity contribution in [3.8, 4) is 5.75 Å². The summed E-state index contributed by atoms with van der Waals surface area (Å²) in [6.07, 6.45) is 10.4. The number of likely N-dealkylation sites (tertiary alicyclic amines) is 1. The Hall–Kier alpha value is -3.17. The van der Waals surface area contributed by atoms with Gasteiger partial charge in [-0.25, -0.2) is 0 Å². The lowest BCUT2D eigenvalue weighted by Gasteiger charge is -2.40. The fourth-order valence-electron chi connectivity index (χ4n) is 7.22. The van der Waals surface area contributed by atoms with Crippen molar-refractivity contribution in [3.05, 3.63) is 48.6 Å². The van der Waals surface area contributed by atoms with Crippen LogP contribution < -0.4 is 9.64 Å². The molecule has 0 saturated carbocycles. The number of carbonyl (C=O) groups is 3. The van der Waals surface area contributed by atoms with Crippen LogP contribution in [0.2, 0.25) is 0 Å². The van der Waals surface area contributed by atoms with Crippen LogP contribution in [0.25, 0.3) is 0 Å². The van der Waals surface area contributed by atoms with E-state index in [2.05, 4.69) is 6.92 Å². The average molecular weight is 566 g/mol. The Bertz CT molecular complexity index is 1210. The maximum absolute atomic E-state index is 14.6. The molecular weight excluding hydrogens is 522 g/mol. The van der Waals surface area contributed by atoms with E-state index in [-0.39, 0.29) is 24.3 Å². The molecular formula is C32H43N3O6. The second-order valence-corrected chi connectivity index (χ2v) is 11.4. The normalized spacial score (nSPS) is 31.6. The second-order valence-electron chi connectivity index (χ2n) is 11.4. The zero-order chi connectivity index (χ0) is 29.4. The van der Waals surface area contributed by atoms with Gasteiger partial charge in [0, 0.05) is 25.3 Å². The number of fused-ring (bicyclic) bond motifs is 2. The highest BCUT2D eigenvalue weighted by molar-refractivity contribution is 6.04. The lowest BCUT2D eigenvalue weighted by Crippen LogP contribution is -2.58. The van der Waals surface area contributed by atoms with E-state index in [1.54, 1.807) is 14.7 Å². The minimum Gasteiger partial charge on any atom is -0.494 e. The Morgan fingerprint density at radius 2 is 1.71 bits per heavy atom. The first kappa shape index (κ1) is 29.3. The van der Waals surface area contributed by atoms with Gasteiger partial charge in [-0.2, -0.15) is 0 Å². The van der Waals surface area contributed by atoms with E-state index in [1.165, 1.54) is 0 Å². The van der Waals surface area contributed by atoms with Gasteiger partial charge in [0.15, 0.2) is 0 Å². The van der Waals surface area contributed by atoms with E-state index in [4.69, 9.17) is 9.47 Å². The summed E-state index contributed by atoms with van der Waals surface area (Å²) in [5.74, 6) is -1.72. The van der Waals surface area contributed by atoms with Crippen molar-refractivity contribution in [2.45, 2.75) is 76.7 Å². The number of nitrogens with zero attached hydrogens (tertiary/aromatic N) is 3. The summed E-state index contributed by atoms with van der Waals surface area (Å²) in [7, 11) is 0. The van der Waals surface area contributed by atoms with E-state index in [0.717, 1.165) is 12.8 Å². The highest BCUT2D eigenvalue weighted by atomic mass is 16.5. The van der Waals surface area contributed by atoms with Gasteiger partial charge in [-0.15, -0.1) is 0 Å². The maximum atomic E-state index is 14.6. The molecule has 2 saturated heterocycles. The van der Waals surface area contributed by atoms with Crippen molar-refractivity contribution in [2.75, 3.05) is 37.7 Å². The number of hydrogen-bond donors (Lipinski definition) is 1. The number of rotatable bonds is 10. The van der Waals surface area contributed by atoms with Gasteiger partial charge in [-0.3, -0.25) is 14.4 Å². The van der Waals surface area contributed by atoms with Crippen LogP contribution >= 0.6 is 0 Å². The molecule has 0 radical (unpaired) electrons. The largest absolute Gasteiger partial charge is 0.494 e. The zero-order valence-corrected chi connectivity index (χ0v) is 24.6. The smallest absolute Gasteiger partial charge is 0.249 e. The topological polar surface area (TPSA) is 99.6 Å². The molecule has 1 unspecified atom stereocenters. The molecule has 6 atom stereocenters. The molecule has 9 heteroatoms. The molecule has 0 aliphatic carbocycles. The molecule has 41 heavy (non-hydrogen) atoms. The van der Waals surface area contributed by atoms with Gasteiger partial charge >= 0.3 is 0 Å². The van der Waals surface area contributed by atoms with Gasteiger partial charge in [0.1, 0.15) is 17.4 Å². The number of aliphatic hydroxyl groups excluding tert-OH is 1. The summed E-state index contributed by atoms with van der Waals surface area (Å²) in [6, 6.07) is 5.87. The van der Waals surface area contributed by atoms with Crippen LogP contribution in [0.1, 0.15) is 53.4 Å². The number of anilines is 1. The number of ether oxygens (including phenoxy) is 2. The number of amides is 3. The number of carbonyl (C=O) groups excluding carboxylic acids is 3. The number of benzene rings is 1. The fourth-order valence-corrected chi connectivity index (χ4v) is 7.22. The third kappa shape index (κ3) is 4.57. The molecule has 9 nitrogen and oxygen atoms in total. The molecule has 222 valence electrons. The van der Waals surface area contributed by atoms with Gasteiger partial charge in [-0.1, -0.05) is 51.5 Å². The van der Waals surface area contributed by atoms with E-state index in [9.17, 15) is 19.5 Å². The van der Waals surface area contributed by atoms with Crippen molar-refractivity contribution >= 4 is 23.4 Å². The van der Waals surface area contributed by atoms with Gasteiger partial charge < -0.3 is 29.3 Å². The SMILES string of the molecule is CCCCN1CC=C[C@]23O[C@]4(CC)C=CCN(c5ccc(OCC)cc5)C(=O)[C@@H]4[C@H]2C(=O)N([C@@H](CC)CO)C3C1=O. The summed E-state index contributed by atoms with van der Waals surface area (Å²) >= 11 is 0. The predicted octanol–water partition coefficient (Wildman–Crippen LogP) is 3.32. The van der Waals surface area contributed by atoms with Crippen molar-refractivity contribution < 1.29 is 29.0 Å². The monoisotopic (exact) mass is 565 g/mol. The minimum atomic E-state index is -1.32. The Kier molecular flexibility index (Phi) is 8.30. The Balaban J connectivity index is 1.62. The number of hydrogen-bond acceptors (Lipinski definition) is 6. The van der Waals surface area contributed by atoms with Crippen molar-refractivity contribution in [1.82, 2.24) is 9.80 Å². The molecule has 1 aromatic rings. The van der Waals surface area contributed by atoms with Crippen LogP contribution in [-0.2, 0) is 19.1 Å². The third-order valence-electron chi connectivity index (χ3n) is 9.28. The first-order valence-corrected chi connectivity index (χ1v) is 15.1. The van der Waals surface area contributed by atoms with E-state index in [1.807, 2.05) is 69.3 Å². The van der Waals surface area contributed by atoms with Crippen molar-refractivity contribution in [2.24, 2.45) is 11.8 Å². The zero-order valence-electron chi connectivity index (χ0n) is 24.6. The first-order chi connectivity index (χ1) is 19.8. The summed E-state index contributed by atoms with van der Waals surface area (Å²) in [5.41, 5.74) is -1.67. The molecule has 5 rings (SSSR count). The molecule has 0 aromatic heterocycles. The van der Waals surface area contributed by atoms with Gasteiger partial charge in [-0.05, 0) is 50.5 Å². The second kappa shape index (κ2) is 11.6. The van der Waals surface area contributed by atoms with E-state index < -0.39 is 35.1 Å². The highest BCUT2D eigenvalue weighted by Gasteiger charge is 2.75. The van der Waals surface area contributed by atoms with Gasteiger partial charge in [0.05, 0.1) is 36.7 Å². The van der Waals surface area contributed by atoms with Crippen molar-refractivity contribution in [3.63, 3.8) is 0 Å². The molecule has 0 bridgehead atoms. The molecule has 4 aliphatic rings. The molecule has 3 amide bonds. The Morgan fingerprint density at radius 1 is 0.976 bits per heavy atom. The number of aliphatic hydroxyl groups is 1. The Morgan fingerprint density at radius 3 is 2.34 bits per heavy atom. The Labute approximate surface area is 242 Å². The molecule has 1 aromatic carbocycles. The highest BCUT2D eigenvalue weighted by Crippen LogP contribution is 2.59. The molecule has 4 heterocycles. The summed E-state index contributed by atoms with van der Waals surface area (Å²) in [5, 5.41) is 10.3. The van der Waals surface area contributed by atoms with Gasteiger partial charge in [0.2, 0.25) is 17.7 Å². The van der Waals surface area contributed by atoms with Crippen LogP contribution in [0.5, 0.6) is 5.75 Å². The lowest BCUT2D eigenvalue weighted by molar-refractivity contribution is -0.155. The number of unbranched alkanes of at least 4 members (excludes halogenated alkanes) is 1. The molecule has 2 fully saturated rings. The van der Waals surface area contributed by atoms with Crippen LogP contribution in [-0.4, -0.2) is 88.8 Å². The maximum Gasteiger partial charge on any atom is 0.249 e. The summed E-state index contributed by atoms with van der Waals surface area (Å²) in [6.45, 7) is 9.44. The average Bonchev–Trinajstić information content (AvgIpc) is 3.27. The predicted molar refractivity (Wildman–Crippen MR) is 155 cm³/mol. The van der Waals surface area contributed by atoms with Gasteiger partial charge in [0.25, 0.3) is 0 Å². The summed E-state index contributed by atoms with van der Waals surface area (Å²) in [4.78, 5) is 48.4. The lowest BCUT2D eigenvalue weighted by atomic mass is 9.73. The van der Waals surface area contributed by atoms with Crippen LogP contribution in [0.15, 0.2) is 48.6 Å². The molecule has 4 aliphatic heterocycles. The van der Waals surface area contributed by atoms with Crippen LogP contribution in [0.4, 0.5) is 5.69 Å². The minimum absolute atomic E-state index is 0.186. The standard InChI is InChI=1S/C32H43N3O6/c1-5-9-18-33-19-11-17-32-26(29(38)35(22(6-2)21-36)27(32)30(33)39)25-28(37)34(20-10-16-31(25,7-3)41-32)23-12-14-24(15-13-23)40-8-4/h10-17,22,25-27,36H,5-9,18-21H2,1-4H3/t22-,25-,26-,27?,31+,32-/m0/s1. The van der Waals surface area contributed by atoms with E-state index >= 15 is 0 Å². The van der Waals surface area contributed by atoms with Crippen LogP contribution in [0, 0.1) is 11.8 Å². The first-order valence-electron chi connectivity index (χ1n) is 15.1. The van der Waals surface area contributed by atoms with Crippen molar-refractivity contribution in [1.29, 1.82) is 0 Å². The summed E-state index contributed by atoms with van der Waals surface area (Å²) < 4.78 is 12.6. The quantitative estimate of drug-likeness (QED) is 0.437. The molecule has 1 N–H and O–H groups in total. The molecule has 1 spiro atoms. The third-order valence-corrected chi connectivity index (χ3v) is 9.28.